The zero-order valence-electron chi connectivity index (χ0n) is 36.2. The van der Waals surface area contributed by atoms with Gasteiger partial charge >= 0.3 is 6.09 Å². The van der Waals surface area contributed by atoms with Gasteiger partial charge in [-0.15, -0.1) is 0 Å². The van der Waals surface area contributed by atoms with E-state index in [0.717, 1.165) is 85.5 Å². The number of carbonyl (C=O) groups is 3. The summed E-state index contributed by atoms with van der Waals surface area (Å²) in [6, 6.07) is 22.7. The fourth-order valence-corrected chi connectivity index (χ4v) is 10.3. The number of alkyl carbamates (subject to hydrolysis) is 1. The fourth-order valence-electron chi connectivity index (χ4n) is 10.3. The molecule has 13 heteroatoms. The molecule has 3 fully saturated rings. The van der Waals surface area contributed by atoms with Crippen LogP contribution < -0.4 is 5.32 Å². The normalized spacial score (nSPS) is 20.4. The summed E-state index contributed by atoms with van der Waals surface area (Å²) >= 11 is 0. The number of ether oxygens (including phenoxy) is 2. The van der Waals surface area contributed by atoms with Crippen LogP contribution in [0.3, 0.4) is 0 Å². The maximum Gasteiger partial charge on any atom is 0.407 e. The Morgan fingerprint density at radius 2 is 1.58 bits per heavy atom. The number of carbonyl (C=O) groups excluding carboxylic acids is 3. The third kappa shape index (κ3) is 8.15. The second kappa shape index (κ2) is 17.9. The first-order valence-electron chi connectivity index (χ1n) is 22.4. The summed E-state index contributed by atoms with van der Waals surface area (Å²) in [6.45, 7) is 9.42. The summed E-state index contributed by atoms with van der Waals surface area (Å²) in [6.07, 6.45) is 8.92. The number of methoxy groups -OCH3 is 1. The molecule has 324 valence electrons. The van der Waals surface area contributed by atoms with Gasteiger partial charge in [-0.25, -0.2) is 14.8 Å². The molecule has 3 N–H and O–H groups in total. The van der Waals surface area contributed by atoms with E-state index in [-0.39, 0.29) is 35.9 Å². The zero-order chi connectivity index (χ0) is 42.9. The molecule has 4 heterocycles. The highest BCUT2D eigenvalue weighted by molar-refractivity contribution is 5.86. The van der Waals surface area contributed by atoms with Crippen molar-refractivity contribution in [3.8, 4) is 33.6 Å². The molecule has 0 spiro atoms. The standard InChI is InChI=1S/C49H58N8O5/c1-5-19-56(47(58)43(30(2)3)54-49(60)61-4)29-42-50-27-40(52-42)34-14-17-38-32(24-34)11-12-33-25-35(15-18-39(33)38)41-28-51-46(53-41)44-36-13-16-37(26-36)57(44)48(59)45(31-9-7-6-8-10-31)55-20-22-62-23-21-55/h6-10,14-15,17-18,24-25,27-28,30,36-37,43-45H,5,11-13,16,19-23,26,29H2,1-4H3,(H,50,52)(H,51,53)(H,54,60)/t36-,37+,43-,44-,45+/m0/s1. The third-order valence-electron chi connectivity index (χ3n) is 13.4. The van der Waals surface area contributed by atoms with Gasteiger partial charge in [0.05, 0.1) is 56.7 Å². The molecule has 2 aromatic heterocycles. The third-order valence-corrected chi connectivity index (χ3v) is 13.4. The highest BCUT2D eigenvalue weighted by Crippen LogP contribution is 2.51. The number of morpholine rings is 1. The highest BCUT2D eigenvalue weighted by Gasteiger charge is 2.52. The van der Waals surface area contributed by atoms with E-state index in [1.165, 1.54) is 29.4 Å². The number of likely N-dealkylation sites (tertiary alicyclic amines) is 1. The van der Waals surface area contributed by atoms with E-state index >= 15 is 0 Å². The van der Waals surface area contributed by atoms with Crippen molar-refractivity contribution in [2.24, 2.45) is 11.8 Å². The summed E-state index contributed by atoms with van der Waals surface area (Å²) in [7, 11) is 1.30. The molecule has 2 bridgehead atoms. The summed E-state index contributed by atoms with van der Waals surface area (Å²) < 4.78 is 10.5. The lowest BCUT2D eigenvalue weighted by atomic mass is 9.83. The van der Waals surface area contributed by atoms with Crippen LogP contribution in [0.4, 0.5) is 4.79 Å². The Bertz CT molecular complexity index is 2400. The Kier molecular flexibility index (Phi) is 12.0. The number of aryl methyl sites for hydroxylation is 2. The molecule has 13 nitrogen and oxygen atoms in total. The lowest BCUT2D eigenvalue weighted by Crippen LogP contribution is -2.51. The molecule has 3 amide bonds. The van der Waals surface area contributed by atoms with Crippen LogP contribution in [0.2, 0.25) is 0 Å². The summed E-state index contributed by atoms with van der Waals surface area (Å²) in [4.78, 5) is 63.4. The predicted molar refractivity (Wildman–Crippen MR) is 237 cm³/mol. The fraction of sp³-hybridized carbons (Fsp3) is 0.449. The second-order valence-electron chi connectivity index (χ2n) is 17.7. The van der Waals surface area contributed by atoms with Crippen molar-refractivity contribution in [2.45, 2.75) is 90.0 Å². The van der Waals surface area contributed by atoms with Gasteiger partial charge < -0.3 is 34.6 Å². The van der Waals surface area contributed by atoms with E-state index in [1.54, 1.807) is 4.90 Å². The number of nitrogens with zero attached hydrogens (tertiary/aromatic N) is 5. The second-order valence-corrected chi connectivity index (χ2v) is 17.7. The molecule has 3 aromatic carbocycles. The van der Waals surface area contributed by atoms with Crippen molar-refractivity contribution >= 4 is 17.9 Å². The molecule has 0 unspecified atom stereocenters. The van der Waals surface area contributed by atoms with E-state index in [0.29, 0.717) is 38.0 Å². The van der Waals surface area contributed by atoms with Gasteiger partial charge in [-0.3, -0.25) is 14.5 Å². The van der Waals surface area contributed by atoms with Crippen LogP contribution in [-0.4, -0.2) is 105 Å². The number of piperidine rings is 1. The van der Waals surface area contributed by atoms with Gasteiger partial charge in [-0.2, -0.15) is 0 Å². The zero-order valence-corrected chi connectivity index (χ0v) is 36.2. The summed E-state index contributed by atoms with van der Waals surface area (Å²) in [5.41, 5.74) is 10.1. The van der Waals surface area contributed by atoms with E-state index in [1.807, 2.05) is 51.4 Å². The number of aromatic amines is 2. The highest BCUT2D eigenvalue weighted by atomic mass is 16.5. The van der Waals surface area contributed by atoms with Crippen LogP contribution in [0.25, 0.3) is 33.6 Å². The summed E-state index contributed by atoms with van der Waals surface area (Å²) in [5, 5.41) is 2.70. The van der Waals surface area contributed by atoms with Gasteiger partial charge in [-0.05, 0) is 101 Å². The van der Waals surface area contributed by atoms with Crippen molar-refractivity contribution in [2.75, 3.05) is 40.0 Å². The largest absolute Gasteiger partial charge is 0.453 e. The van der Waals surface area contributed by atoms with Crippen LogP contribution in [0, 0.1) is 11.8 Å². The Hall–Kier alpha value is -5.79. The number of H-pyrrole nitrogens is 2. The van der Waals surface area contributed by atoms with Gasteiger partial charge in [0.1, 0.15) is 23.7 Å². The SMILES string of the molecule is CCCN(Cc1ncc(-c2ccc3c(c2)CCc2cc(-c4cnc([C@@H]5[C@H]6CC[C@H](C6)N5C(=O)[C@@H](c5ccccc5)N5CCOCC5)[nH]4)ccc2-3)[nH]1)C(=O)[C@@H](NC(=O)OC)C(C)C. The molecule has 5 aromatic rings. The number of amides is 3. The Labute approximate surface area is 363 Å². The van der Waals surface area contributed by atoms with E-state index in [4.69, 9.17) is 14.5 Å². The van der Waals surface area contributed by atoms with Gasteiger partial charge in [0.2, 0.25) is 11.8 Å². The van der Waals surface area contributed by atoms with Crippen LogP contribution in [0.5, 0.6) is 0 Å². The number of hydrogen-bond donors (Lipinski definition) is 3. The Balaban J connectivity index is 0.910. The van der Waals surface area contributed by atoms with Crippen molar-refractivity contribution in [1.82, 2.24) is 40.0 Å². The van der Waals surface area contributed by atoms with Crippen molar-refractivity contribution in [3.63, 3.8) is 0 Å². The minimum atomic E-state index is -0.699. The Morgan fingerprint density at radius 3 is 2.24 bits per heavy atom. The van der Waals surface area contributed by atoms with Gasteiger partial charge in [0.25, 0.3) is 0 Å². The molecule has 2 aliphatic carbocycles. The van der Waals surface area contributed by atoms with Gasteiger partial charge in [-0.1, -0.05) is 75.4 Å². The number of hydrogen-bond acceptors (Lipinski definition) is 8. The maximum absolute atomic E-state index is 14.8. The van der Waals surface area contributed by atoms with Crippen LogP contribution >= 0.6 is 0 Å². The number of imidazole rings is 2. The topological polar surface area (TPSA) is 149 Å². The van der Waals surface area contributed by atoms with Crippen molar-refractivity contribution < 1.29 is 23.9 Å². The van der Waals surface area contributed by atoms with Crippen LogP contribution in [-0.2, 0) is 38.4 Å². The molecule has 9 rings (SSSR count). The first-order chi connectivity index (χ1) is 30.2. The minimum Gasteiger partial charge on any atom is -0.453 e. The van der Waals surface area contributed by atoms with Crippen molar-refractivity contribution in [3.05, 3.63) is 107 Å². The lowest BCUT2D eigenvalue weighted by molar-refractivity contribution is -0.144. The monoisotopic (exact) mass is 838 g/mol. The van der Waals surface area contributed by atoms with Gasteiger partial charge in [0, 0.05) is 25.7 Å². The predicted octanol–water partition coefficient (Wildman–Crippen LogP) is 7.48. The molecule has 4 aliphatic rings. The summed E-state index contributed by atoms with van der Waals surface area (Å²) in [5.74, 6) is 1.86. The molecule has 62 heavy (non-hydrogen) atoms. The average Bonchev–Trinajstić information content (AvgIpc) is 4.14. The van der Waals surface area contributed by atoms with Crippen molar-refractivity contribution in [1.29, 1.82) is 0 Å². The Morgan fingerprint density at radius 1 is 0.903 bits per heavy atom. The molecule has 2 aliphatic heterocycles. The first-order valence-corrected chi connectivity index (χ1v) is 22.4. The number of aromatic nitrogens is 4. The van der Waals surface area contributed by atoms with Crippen LogP contribution in [0.15, 0.2) is 79.1 Å². The quantitative estimate of drug-likeness (QED) is 0.111. The van der Waals surface area contributed by atoms with E-state index in [9.17, 15) is 14.4 Å². The molecule has 2 saturated heterocycles. The molecule has 1 saturated carbocycles. The minimum absolute atomic E-state index is 0.0720. The number of benzene rings is 3. The molecule has 5 atom stereocenters. The van der Waals surface area contributed by atoms with Crippen LogP contribution in [0.1, 0.15) is 86.9 Å². The number of fused-ring (bicyclic) bond motifs is 5. The molecular formula is C49H58N8O5. The molecule has 0 radical (unpaired) electrons. The number of rotatable bonds is 13. The van der Waals surface area contributed by atoms with E-state index < -0.39 is 12.1 Å². The lowest BCUT2D eigenvalue weighted by Gasteiger charge is -2.41. The first kappa shape index (κ1) is 41.6. The maximum atomic E-state index is 14.8. The molecular weight excluding hydrogens is 781 g/mol. The average molecular weight is 839 g/mol. The van der Waals surface area contributed by atoms with Gasteiger partial charge in [0.15, 0.2) is 0 Å². The smallest absolute Gasteiger partial charge is 0.407 e. The number of nitrogens with one attached hydrogen (secondary N) is 3. The van der Waals surface area contributed by atoms with E-state index in [2.05, 4.69) is 78.6 Å².